The molecule has 0 radical (unpaired) electrons. The maximum Gasteiger partial charge on any atom is 0.369 e. The number of rotatable bonds is 4. The first-order valence-electron chi connectivity index (χ1n) is 8.11. The molecule has 8 heteroatoms. The lowest BCUT2D eigenvalue weighted by Gasteiger charge is -2.10. The molecular weight excluding hydrogens is 333 g/mol. The Bertz CT molecular complexity index is 1060. The van der Waals surface area contributed by atoms with E-state index in [2.05, 4.69) is 20.5 Å². The third kappa shape index (κ3) is 2.85. The summed E-state index contributed by atoms with van der Waals surface area (Å²) in [5, 5.41) is 17.2. The van der Waals surface area contributed by atoms with Crippen molar-refractivity contribution >= 4 is 16.7 Å². The predicted octanol–water partition coefficient (Wildman–Crippen LogP) is 1.75. The van der Waals surface area contributed by atoms with E-state index in [0.717, 1.165) is 11.1 Å². The summed E-state index contributed by atoms with van der Waals surface area (Å²) >= 11 is 0. The molecule has 0 saturated carbocycles. The summed E-state index contributed by atoms with van der Waals surface area (Å²) in [4.78, 5) is 2.02. The molecule has 0 aliphatic carbocycles. The van der Waals surface area contributed by atoms with Gasteiger partial charge in [0.1, 0.15) is 16.3 Å². The maximum atomic E-state index is 13.9. The van der Waals surface area contributed by atoms with E-state index in [1.807, 2.05) is 48.1 Å². The Kier molecular flexibility index (Phi) is 4.00. The van der Waals surface area contributed by atoms with Crippen molar-refractivity contribution in [2.45, 2.75) is 6.54 Å². The smallest absolute Gasteiger partial charge is 0.369 e. The summed E-state index contributed by atoms with van der Waals surface area (Å²) < 4.78 is 17.4. The first-order valence-corrected chi connectivity index (χ1v) is 8.11. The second-order valence-corrected chi connectivity index (χ2v) is 6.10. The van der Waals surface area contributed by atoms with Crippen molar-refractivity contribution in [1.29, 1.82) is 0 Å². The number of anilines is 1. The highest BCUT2D eigenvalue weighted by molar-refractivity contribution is 5.79. The summed E-state index contributed by atoms with van der Waals surface area (Å²) in [6.45, 7) is 0.276. The second-order valence-electron chi connectivity index (χ2n) is 6.10. The number of benzene rings is 1. The minimum Gasteiger partial charge on any atom is -0.377 e. The monoisotopic (exact) mass is 350 g/mol. The Balaban J connectivity index is 1.74. The van der Waals surface area contributed by atoms with Crippen molar-refractivity contribution in [3.8, 4) is 5.82 Å². The highest BCUT2D eigenvalue weighted by atomic mass is 19.1. The molecule has 1 aromatic carbocycles. The molecule has 0 amide bonds. The second kappa shape index (κ2) is 6.47. The molecule has 26 heavy (non-hydrogen) atoms. The molecule has 7 nitrogen and oxygen atoms in total. The van der Waals surface area contributed by atoms with Crippen molar-refractivity contribution in [1.82, 2.24) is 25.2 Å². The molecule has 0 aliphatic rings. The van der Waals surface area contributed by atoms with E-state index < -0.39 is 0 Å². The van der Waals surface area contributed by atoms with Crippen LogP contribution in [-0.2, 0) is 6.54 Å². The fourth-order valence-corrected chi connectivity index (χ4v) is 2.76. The predicted molar refractivity (Wildman–Crippen MR) is 94.5 cm³/mol. The highest BCUT2D eigenvalue weighted by Crippen LogP contribution is 2.16. The van der Waals surface area contributed by atoms with Gasteiger partial charge in [0.25, 0.3) is 0 Å². The van der Waals surface area contributed by atoms with Gasteiger partial charge in [-0.25, -0.2) is 13.6 Å². The summed E-state index contributed by atoms with van der Waals surface area (Å²) in [5.74, 6) is 0.354. The van der Waals surface area contributed by atoms with Gasteiger partial charge in [-0.2, -0.15) is 5.10 Å². The number of nitrogens with zero attached hydrogens (tertiary/aromatic N) is 7. The Morgan fingerprint density at radius 2 is 1.85 bits per heavy atom. The first-order chi connectivity index (χ1) is 12.6. The van der Waals surface area contributed by atoms with Crippen LogP contribution >= 0.6 is 0 Å². The van der Waals surface area contributed by atoms with Crippen molar-refractivity contribution in [3.05, 3.63) is 66.4 Å². The standard InChI is InChI=1S/C18H17FN7/c1-24(2)14-7-9-25(10-8-14)17-15-11-20-26(18(15)22-23-21-17)12-13-5-3-4-6-16(13)19/h3-11H,12H2,1-2H3/q+1. The zero-order chi connectivity index (χ0) is 18.1. The van der Waals surface area contributed by atoms with Crippen LogP contribution in [0.1, 0.15) is 5.56 Å². The van der Waals surface area contributed by atoms with Gasteiger partial charge in [0, 0.05) is 37.5 Å². The topological polar surface area (TPSA) is 63.6 Å². The van der Waals surface area contributed by atoms with Crippen LogP contribution in [0.4, 0.5) is 10.1 Å². The lowest BCUT2D eigenvalue weighted by atomic mass is 10.2. The largest absolute Gasteiger partial charge is 0.377 e. The lowest BCUT2D eigenvalue weighted by Crippen LogP contribution is -2.32. The Labute approximate surface area is 149 Å². The van der Waals surface area contributed by atoms with Gasteiger partial charge < -0.3 is 4.90 Å². The number of pyridine rings is 1. The molecule has 4 rings (SSSR count). The van der Waals surface area contributed by atoms with Crippen LogP contribution in [0.5, 0.6) is 0 Å². The van der Waals surface area contributed by atoms with Crippen LogP contribution < -0.4 is 9.47 Å². The van der Waals surface area contributed by atoms with E-state index >= 15 is 0 Å². The summed E-state index contributed by atoms with van der Waals surface area (Å²) in [6, 6.07) is 10.6. The van der Waals surface area contributed by atoms with Crippen LogP contribution in [0.2, 0.25) is 0 Å². The van der Waals surface area contributed by atoms with Gasteiger partial charge in [-0.15, -0.1) is 0 Å². The van der Waals surface area contributed by atoms with Gasteiger partial charge in [0.15, 0.2) is 5.65 Å². The van der Waals surface area contributed by atoms with E-state index in [1.54, 1.807) is 29.1 Å². The minimum atomic E-state index is -0.271. The quantitative estimate of drug-likeness (QED) is 0.525. The maximum absolute atomic E-state index is 13.9. The van der Waals surface area contributed by atoms with Gasteiger partial charge in [-0.1, -0.05) is 23.3 Å². The van der Waals surface area contributed by atoms with Gasteiger partial charge in [-0.3, -0.25) is 0 Å². The third-order valence-corrected chi connectivity index (χ3v) is 4.18. The molecule has 0 bridgehead atoms. The summed E-state index contributed by atoms with van der Waals surface area (Å²) in [5.41, 5.74) is 2.18. The van der Waals surface area contributed by atoms with Crippen molar-refractivity contribution < 1.29 is 8.96 Å². The average molecular weight is 350 g/mol. The summed E-state index contributed by atoms with van der Waals surface area (Å²) in [6.07, 6.45) is 5.50. The number of hydrogen-bond donors (Lipinski definition) is 0. The number of hydrogen-bond acceptors (Lipinski definition) is 5. The average Bonchev–Trinajstić information content (AvgIpc) is 3.07. The zero-order valence-electron chi connectivity index (χ0n) is 14.4. The fourth-order valence-electron chi connectivity index (χ4n) is 2.76. The molecule has 4 aromatic rings. The molecule has 0 unspecified atom stereocenters. The van der Waals surface area contributed by atoms with Gasteiger partial charge in [0.05, 0.1) is 30.3 Å². The van der Waals surface area contributed by atoms with Crippen LogP contribution in [0.25, 0.3) is 16.9 Å². The van der Waals surface area contributed by atoms with Crippen molar-refractivity contribution in [2.75, 3.05) is 19.0 Å². The van der Waals surface area contributed by atoms with E-state index in [-0.39, 0.29) is 12.4 Å². The molecule has 0 N–H and O–H groups in total. The van der Waals surface area contributed by atoms with Crippen LogP contribution in [0.15, 0.2) is 55.0 Å². The minimum absolute atomic E-state index is 0.271. The van der Waals surface area contributed by atoms with Crippen LogP contribution in [-0.4, -0.2) is 39.3 Å². The lowest BCUT2D eigenvalue weighted by molar-refractivity contribution is -0.598. The van der Waals surface area contributed by atoms with Crippen LogP contribution in [0, 0.1) is 5.82 Å². The van der Waals surface area contributed by atoms with Crippen molar-refractivity contribution in [2.24, 2.45) is 0 Å². The molecule has 3 heterocycles. The SMILES string of the molecule is CN(C)c1cc[n+](-c2nnnc3c2cnn3Cc2ccccc2F)cc1. The molecule has 0 fully saturated rings. The molecule has 0 atom stereocenters. The molecule has 0 saturated heterocycles. The number of halogens is 1. The molecule has 0 spiro atoms. The Hall–Kier alpha value is -3.42. The summed E-state index contributed by atoms with van der Waals surface area (Å²) in [7, 11) is 3.97. The normalized spacial score (nSPS) is 11.0. The number of fused-ring (bicyclic) bond motifs is 1. The number of aromatic nitrogens is 6. The molecule has 3 aromatic heterocycles. The Morgan fingerprint density at radius 1 is 1.08 bits per heavy atom. The van der Waals surface area contributed by atoms with E-state index in [4.69, 9.17) is 0 Å². The van der Waals surface area contributed by atoms with E-state index in [9.17, 15) is 4.39 Å². The Morgan fingerprint density at radius 3 is 2.58 bits per heavy atom. The van der Waals surface area contributed by atoms with Gasteiger partial charge in [0.2, 0.25) is 0 Å². The third-order valence-electron chi connectivity index (χ3n) is 4.18. The van der Waals surface area contributed by atoms with Gasteiger partial charge >= 0.3 is 5.82 Å². The first kappa shape index (κ1) is 16.1. The highest BCUT2D eigenvalue weighted by Gasteiger charge is 2.20. The fraction of sp³-hybridized carbons (Fsp3) is 0.167. The molecular formula is C18H17FN7+. The molecule has 0 aliphatic heterocycles. The van der Waals surface area contributed by atoms with Crippen molar-refractivity contribution in [3.63, 3.8) is 0 Å². The van der Waals surface area contributed by atoms with E-state index in [0.29, 0.717) is 17.0 Å². The molecule has 130 valence electrons. The van der Waals surface area contributed by atoms with E-state index in [1.165, 1.54) is 6.07 Å². The van der Waals surface area contributed by atoms with Crippen LogP contribution in [0.3, 0.4) is 0 Å². The zero-order valence-corrected chi connectivity index (χ0v) is 14.4. The van der Waals surface area contributed by atoms with Gasteiger partial charge in [-0.05, 0) is 6.07 Å².